The Morgan fingerprint density at radius 3 is 2.72 bits per heavy atom. The summed E-state index contributed by atoms with van der Waals surface area (Å²) in [5, 5.41) is 8.26. The van der Waals surface area contributed by atoms with Crippen molar-refractivity contribution in [1.29, 1.82) is 0 Å². The topological polar surface area (TPSA) is 46.9 Å². The monoisotopic (exact) mass is 245 g/mol. The zero-order chi connectivity index (χ0) is 13.1. The lowest BCUT2D eigenvalue weighted by molar-refractivity contribution is 0.366. The van der Waals surface area contributed by atoms with Gasteiger partial charge in [0.2, 0.25) is 5.43 Å². The van der Waals surface area contributed by atoms with E-state index >= 15 is 0 Å². The largest absolute Gasteiger partial charge is 0.315 e. The van der Waals surface area contributed by atoms with Crippen molar-refractivity contribution < 1.29 is 0 Å². The number of hydrogen-bond donors (Lipinski definition) is 1. The third kappa shape index (κ3) is 2.43. The maximum absolute atomic E-state index is 11.7. The Labute approximate surface area is 107 Å². The molecule has 1 N–H and O–H groups in total. The molecule has 4 nitrogen and oxygen atoms in total. The van der Waals surface area contributed by atoms with E-state index in [-0.39, 0.29) is 5.43 Å². The first kappa shape index (κ1) is 12.8. The molecule has 2 rings (SSSR count). The highest BCUT2D eigenvalue weighted by molar-refractivity contribution is 5.77. The zero-order valence-electron chi connectivity index (χ0n) is 11.1. The number of nitrogens with zero attached hydrogens (tertiary/aromatic N) is 2. The van der Waals surface area contributed by atoms with Gasteiger partial charge in [-0.2, -0.15) is 5.10 Å². The van der Waals surface area contributed by atoms with Crippen LogP contribution in [0.25, 0.3) is 10.9 Å². The van der Waals surface area contributed by atoms with Crippen LogP contribution in [0.4, 0.5) is 0 Å². The fourth-order valence-electron chi connectivity index (χ4n) is 2.13. The van der Waals surface area contributed by atoms with Crippen LogP contribution in [0.15, 0.2) is 35.3 Å². The molecule has 0 spiro atoms. The summed E-state index contributed by atoms with van der Waals surface area (Å²) >= 11 is 0. The van der Waals surface area contributed by atoms with E-state index in [0.29, 0.717) is 12.0 Å². The van der Waals surface area contributed by atoms with Gasteiger partial charge in [0.15, 0.2) is 0 Å². The van der Waals surface area contributed by atoms with E-state index in [1.165, 1.54) is 6.20 Å². The minimum atomic E-state index is -0.0209. The summed E-state index contributed by atoms with van der Waals surface area (Å²) in [6, 6.07) is 7.94. The second-order valence-electron chi connectivity index (χ2n) is 4.85. The van der Waals surface area contributed by atoms with Gasteiger partial charge in [0, 0.05) is 11.4 Å². The molecule has 0 amide bonds. The van der Waals surface area contributed by atoms with Crippen LogP contribution in [0.1, 0.15) is 13.8 Å². The Balaban J connectivity index is 2.46. The Morgan fingerprint density at radius 1 is 1.33 bits per heavy atom. The summed E-state index contributed by atoms with van der Waals surface area (Å²) in [5.41, 5.74) is 0.873. The van der Waals surface area contributed by atoms with Gasteiger partial charge in [0.1, 0.15) is 0 Å². The summed E-state index contributed by atoms with van der Waals surface area (Å²) in [6.07, 6.45) is 1.40. The first-order valence-corrected chi connectivity index (χ1v) is 6.25. The van der Waals surface area contributed by atoms with E-state index in [0.717, 1.165) is 17.4 Å². The highest BCUT2D eigenvalue weighted by atomic mass is 16.1. The first-order valence-electron chi connectivity index (χ1n) is 6.25. The van der Waals surface area contributed by atoms with Crippen molar-refractivity contribution in [2.75, 3.05) is 7.05 Å². The molecule has 0 radical (unpaired) electrons. The third-order valence-corrected chi connectivity index (χ3v) is 3.31. The van der Waals surface area contributed by atoms with Gasteiger partial charge in [0.25, 0.3) is 0 Å². The molecule has 1 aromatic carbocycles. The van der Waals surface area contributed by atoms with Crippen molar-refractivity contribution in [3.05, 3.63) is 40.7 Å². The van der Waals surface area contributed by atoms with Crippen molar-refractivity contribution in [2.45, 2.75) is 26.4 Å². The van der Waals surface area contributed by atoms with Crippen molar-refractivity contribution >= 4 is 10.9 Å². The van der Waals surface area contributed by atoms with Gasteiger partial charge in [0.05, 0.1) is 18.3 Å². The molecule has 0 aliphatic heterocycles. The normalized spacial score (nSPS) is 13.1. The van der Waals surface area contributed by atoms with Crippen molar-refractivity contribution in [3.8, 4) is 0 Å². The highest BCUT2D eigenvalue weighted by Crippen LogP contribution is 2.10. The number of rotatable bonds is 4. The van der Waals surface area contributed by atoms with Gasteiger partial charge in [-0.3, -0.25) is 9.48 Å². The van der Waals surface area contributed by atoms with Crippen LogP contribution in [0.5, 0.6) is 0 Å². The number of nitrogens with one attached hydrogen (secondary N) is 1. The Hall–Kier alpha value is -1.68. The molecule has 1 atom stereocenters. The minimum Gasteiger partial charge on any atom is -0.315 e. The van der Waals surface area contributed by atoms with Gasteiger partial charge < -0.3 is 5.32 Å². The van der Waals surface area contributed by atoms with Crippen molar-refractivity contribution in [2.24, 2.45) is 5.92 Å². The standard InChI is InChI=1S/C14H19N3O/c1-10(2)12(15-3)9-17-13-7-5-4-6-11(13)14(18)8-16-17/h4-8,10,12,15H,9H2,1-3H3. The molecule has 1 heterocycles. The maximum atomic E-state index is 11.7. The van der Waals surface area contributed by atoms with E-state index in [1.54, 1.807) is 0 Å². The van der Waals surface area contributed by atoms with E-state index in [1.807, 2.05) is 36.0 Å². The second-order valence-corrected chi connectivity index (χ2v) is 4.85. The summed E-state index contributed by atoms with van der Waals surface area (Å²) in [7, 11) is 1.95. The zero-order valence-corrected chi connectivity index (χ0v) is 11.1. The Kier molecular flexibility index (Phi) is 3.77. The molecule has 0 aliphatic rings. The summed E-state index contributed by atoms with van der Waals surface area (Å²) in [4.78, 5) is 11.7. The van der Waals surface area contributed by atoms with Crippen LogP contribution in [-0.4, -0.2) is 22.9 Å². The molecule has 0 fully saturated rings. The number of aromatic nitrogens is 2. The summed E-state index contributed by atoms with van der Waals surface area (Å²) < 4.78 is 1.90. The minimum absolute atomic E-state index is 0.0209. The van der Waals surface area contributed by atoms with E-state index in [2.05, 4.69) is 24.3 Å². The smallest absolute Gasteiger partial charge is 0.207 e. The number of likely N-dealkylation sites (N-methyl/N-ethyl adjacent to an activating group) is 1. The molecule has 1 aromatic heterocycles. The molecule has 0 saturated carbocycles. The Bertz CT molecular complexity index is 589. The number of fused-ring (bicyclic) bond motifs is 1. The summed E-state index contributed by atoms with van der Waals surface area (Å²) in [5.74, 6) is 0.509. The molecule has 0 bridgehead atoms. The molecule has 0 saturated heterocycles. The molecule has 0 aliphatic carbocycles. The maximum Gasteiger partial charge on any atom is 0.207 e. The number of hydrogen-bond acceptors (Lipinski definition) is 3. The number of benzene rings is 1. The lowest BCUT2D eigenvalue weighted by Gasteiger charge is -2.21. The molecule has 2 aromatic rings. The SMILES string of the molecule is CNC(Cn1ncc(=O)c2ccccc21)C(C)C. The van der Waals surface area contributed by atoms with Gasteiger partial charge in [-0.05, 0) is 25.1 Å². The van der Waals surface area contributed by atoms with E-state index in [4.69, 9.17) is 0 Å². The van der Waals surface area contributed by atoms with Crippen LogP contribution in [-0.2, 0) is 6.54 Å². The fourth-order valence-corrected chi connectivity index (χ4v) is 2.13. The first-order chi connectivity index (χ1) is 8.63. The number of para-hydroxylation sites is 1. The highest BCUT2D eigenvalue weighted by Gasteiger charge is 2.13. The summed E-state index contributed by atoms with van der Waals surface area (Å²) in [6.45, 7) is 5.10. The van der Waals surface area contributed by atoms with Gasteiger partial charge >= 0.3 is 0 Å². The fraction of sp³-hybridized carbons (Fsp3) is 0.429. The molecule has 1 unspecified atom stereocenters. The third-order valence-electron chi connectivity index (χ3n) is 3.31. The van der Waals surface area contributed by atoms with Crippen molar-refractivity contribution in [1.82, 2.24) is 15.1 Å². The predicted molar refractivity (Wildman–Crippen MR) is 73.7 cm³/mol. The van der Waals surface area contributed by atoms with Gasteiger partial charge in [-0.1, -0.05) is 26.0 Å². The Morgan fingerprint density at radius 2 is 2.06 bits per heavy atom. The van der Waals surface area contributed by atoms with E-state index in [9.17, 15) is 4.79 Å². The molecule has 18 heavy (non-hydrogen) atoms. The molecule has 4 heteroatoms. The van der Waals surface area contributed by atoms with Crippen LogP contribution in [0, 0.1) is 5.92 Å². The average molecular weight is 245 g/mol. The lowest BCUT2D eigenvalue weighted by atomic mass is 10.0. The van der Waals surface area contributed by atoms with Crippen LogP contribution in [0.3, 0.4) is 0 Å². The lowest BCUT2D eigenvalue weighted by Crippen LogP contribution is -2.36. The van der Waals surface area contributed by atoms with Crippen LogP contribution in [0.2, 0.25) is 0 Å². The second kappa shape index (κ2) is 5.31. The van der Waals surface area contributed by atoms with Crippen LogP contribution < -0.4 is 10.7 Å². The van der Waals surface area contributed by atoms with Crippen molar-refractivity contribution in [3.63, 3.8) is 0 Å². The molecular weight excluding hydrogens is 226 g/mol. The molecular formula is C14H19N3O. The quantitative estimate of drug-likeness (QED) is 0.890. The van der Waals surface area contributed by atoms with Gasteiger partial charge in [-0.25, -0.2) is 0 Å². The average Bonchev–Trinajstić information content (AvgIpc) is 2.38. The van der Waals surface area contributed by atoms with E-state index < -0.39 is 0 Å². The molecule has 96 valence electrons. The predicted octanol–water partition coefficient (Wildman–Crippen LogP) is 1.64. The van der Waals surface area contributed by atoms with Gasteiger partial charge in [-0.15, -0.1) is 0 Å². The van der Waals surface area contributed by atoms with Crippen LogP contribution >= 0.6 is 0 Å².